The number of aromatic hydroxyl groups is 3. The summed E-state index contributed by atoms with van der Waals surface area (Å²) in [6.07, 6.45) is -0.307. The third kappa shape index (κ3) is 7.15. The van der Waals surface area contributed by atoms with Gasteiger partial charge < -0.3 is 36.0 Å². The van der Waals surface area contributed by atoms with Gasteiger partial charge in [-0.15, -0.1) is 0 Å². The van der Waals surface area contributed by atoms with Crippen molar-refractivity contribution < 1.29 is 48.9 Å². The molecule has 0 radical (unpaired) electrons. The predicted octanol–water partition coefficient (Wildman–Crippen LogP) is -0.0432. The Kier molecular flexibility index (Phi) is 7.47. The molecule has 2 atom stereocenters. The van der Waals surface area contributed by atoms with Crippen molar-refractivity contribution in [2.24, 2.45) is 5.73 Å². The van der Waals surface area contributed by atoms with Crippen LogP contribution in [0.2, 0.25) is 0 Å². The number of phosphoric ester groups is 1. The van der Waals surface area contributed by atoms with E-state index in [4.69, 9.17) is 15.5 Å². The number of rotatable bonds is 9. The van der Waals surface area contributed by atoms with E-state index in [1.54, 1.807) is 0 Å². The van der Waals surface area contributed by atoms with E-state index in [0.717, 1.165) is 12.1 Å². The van der Waals surface area contributed by atoms with Gasteiger partial charge in [-0.05, 0) is 41.8 Å². The van der Waals surface area contributed by atoms with Crippen LogP contribution in [0.5, 0.6) is 23.0 Å². The molecular weight excluding hydrogens is 435 g/mol. The number of aliphatic carboxylic acids is 1. The molecule has 168 valence electrons. The fourth-order valence-electron chi connectivity index (χ4n) is 2.65. The fraction of sp³-hybridized carbons (Fsp3) is 0.222. The van der Waals surface area contributed by atoms with Gasteiger partial charge in [-0.1, -0.05) is 12.1 Å². The molecule has 0 saturated carbocycles. The van der Waals surface area contributed by atoms with Crippen molar-refractivity contribution in [3.05, 3.63) is 47.5 Å². The number of benzene rings is 2. The van der Waals surface area contributed by atoms with Gasteiger partial charge in [-0.2, -0.15) is 0 Å². The van der Waals surface area contributed by atoms with Crippen LogP contribution in [0.1, 0.15) is 11.1 Å². The summed E-state index contributed by atoms with van der Waals surface area (Å²) in [6.45, 7) is 0. The Bertz CT molecular complexity index is 1020. The number of nitrogens with two attached hydrogens (primary N) is 1. The van der Waals surface area contributed by atoms with Crippen LogP contribution in [0.4, 0.5) is 0 Å². The molecule has 0 aliphatic heterocycles. The lowest BCUT2D eigenvalue weighted by atomic mass is 10.0. The molecule has 13 heteroatoms. The van der Waals surface area contributed by atoms with Crippen molar-refractivity contribution in [3.8, 4) is 23.0 Å². The summed E-state index contributed by atoms with van der Waals surface area (Å²) in [7, 11) is -4.89. The molecule has 2 aromatic carbocycles. The minimum Gasteiger partial charge on any atom is -0.504 e. The maximum atomic E-state index is 12.3. The van der Waals surface area contributed by atoms with Gasteiger partial charge in [-0.3, -0.25) is 14.6 Å². The zero-order valence-corrected chi connectivity index (χ0v) is 16.8. The lowest BCUT2D eigenvalue weighted by Gasteiger charge is -2.18. The number of phenols is 3. The Morgan fingerprint density at radius 2 is 1.55 bits per heavy atom. The first-order chi connectivity index (χ1) is 14.4. The van der Waals surface area contributed by atoms with Gasteiger partial charge in [0.1, 0.15) is 6.04 Å². The summed E-state index contributed by atoms with van der Waals surface area (Å²) in [5.74, 6) is -4.01. The van der Waals surface area contributed by atoms with E-state index in [9.17, 15) is 34.6 Å². The van der Waals surface area contributed by atoms with Crippen molar-refractivity contribution in [1.82, 2.24) is 5.32 Å². The van der Waals surface area contributed by atoms with Crippen molar-refractivity contribution in [1.29, 1.82) is 0 Å². The third-order valence-corrected chi connectivity index (χ3v) is 4.56. The maximum Gasteiger partial charge on any atom is 0.524 e. The van der Waals surface area contributed by atoms with E-state index < -0.39 is 43.3 Å². The van der Waals surface area contributed by atoms with Gasteiger partial charge in [0, 0.05) is 6.42 Å². The standard InChI is InChI=1S/C18H21N2O10P/c19-11(5-9-1-3-13(21)14(22)7-9)17(24)20-12(18(25)26)6-10-2-4-16(15(23)8-10)30-31(27,28)29/h1-4,7-8,11-12,21-23H,5-6,19H2,(H,20,24)(H,25,26)(H2,27,28,29). The van der Waals surface area contributed by atoms with E-state index in [1.165, 1.54) is 24.3 Å². The molecule has 2 aromatic rings. The van der Waals surface area contributed by atoms with Crippen LogP contribution < -0.4 is 15.6 Å². The van der Waals surface area contributed by atoms with Gasteiger partial charge in [-0.25, -0.2) is 9.36 Å². The van der Waals surface area contributed by atoms with E-state index in [2.05, 4.69) is 9.84 Å². The summed E-state index contributed by atoms with van der Waals surface area (Å²) in [5, 5.41) is 40.3. The highest BCUT2D eigenvalue weighted by atomic mass is 31.2. The fourth-order valence-corrected chi connectivity index (χ4v) is 3.06. The summed E-state index contributed by atoms with van der Waals surface area (Å²) in [6, 6.07) is 4.69. The van der Waals surface area contributed by atoms with Crippen molar-refractivity contribution in [2.75, 3.05) is 0 Å². The predicted molar refractivity (Wildman–Crippen MR) is 106 cm³/mol. The molecule has 0 aliphatic carbocycles. The number of hydrogen-bond donors (Lipinski definition) is 8. The summed E-state index contributed by atoms with van der Waals surface area (Å²) in [4.78, 5) is 41.4. The summed E-state index contributed by atoms with van der Waals surface area (Å²) >= 11 is 0. The first-order valence-electron chi connectivity index (χ1n) is 8.72. The molecule has 2 unspecified atom stereocenters. The van der Waals surface area contributed by atoms with Crippen LogP contribution in [0, 0.1) is 0 Å². The van der Waals surface area contributed by atoms with Crippen LogP contribution in [-0.4, -0.2) is 54.2 Å². The number of phosphoric acid groups is 1. The smallest absolute Gasteiger partial charge is 0.504 e. The molecule has 31 heavy (non-hydrogen) atoms. The average molecular weight is 456 g/mol. The highest BCUT2D eigenvalue weighted by molar-refractivity contribution is 7.46. The van der Waals surface area contributed by atoms with Crippen LogP contribution in [0.25, 0.3) is 0 Å². The Morgan fingerprint density at radius 3 is 2.10 bits per heavy atom. The van der Waals surface area contributed by atoms with E-state index >= 15 is 0 Å². The Balaban J connectivity index is 2.06. The van der Waals surface area contributed by atoms with Crippen LogP contribution in [-0.2, 0) is 27.0 Å². The number of nitrogens with one attached hydrogen (secondary N) is 1. The highest BCUT2D eigenvalue weighted by Gasteiger charge is 2.25. The first-order valence-corrected chi connectivity index (χ1v) is 10.3. The number of carboxylic acids is 1. The van der Waals surface area contributed by atoms with E-state index in [0.29, 0.717) is 5.56 Å². The molecule has 12 nitrogen and oxygen atoms in total. The Morgan fingerprint density at radius 1 is 0.968 bits per heavy atom. The molecular formula is C18H21N2O10P. The quantitative estimate of drug-likeness (QED) is 0.185. The number of hydrogen-bond acceptors (Lipinski definition) is 8. The van der Waals surface area contributed by atoms with Crippen LogP contribution in [0.3, 0.4) is 0 Å². The zero-order chi connectivity index (χ0) is 23.3. The molecule has 9 N–H and O–H groups in total. The SMILES string of the molecule is NC(Cc1ccc(O)c(O)c1)C(=O)NC(Cc1ccc(OP(=O)(O)O)c(O)c1)C(=O)O. The van der Waals surface area contributed by atoms with E-state index in [1.807, 2.05) is 0 Å². The zero-order valence-electron chi connectivity index (χ0n) is 15.9. The highest BCUT2D eigenvalue weighted by Crippen LogP contribution is 2.41. The molecule has 0 spiro atoms. The monoisotopic (exact) mass is 456 g/mol. The molecule has 0 bridgehead atoms. The van der Waals surface area contributed by atoms with Crippen LogP contribution in [0.15, 0.2) is 36.4 Å². The number of carboxylic acid groups (broad SMARTS) is 1. The maximum absolute atomic E-state index is 12.3. The second-order valence-corrected chi connectivity index (χ2v) is 7.78. The largest absolute Gasteiger partial charge is 0.524 e. The van der Waals surface area contributed by atoms with Crippen molar-refractivity contribution in [2.45, 2.75) is 24.9 Å². The molecule has 0 aliphatic rings. The number of phenolic OH excluding ortho intramolecular Hbond substituents is 3. The second-order valence-electron chi connectivity index (χ2n) is 6.62. The van der Waals surface area contributed by atoms with Gasteiger partial charge in [0.15, 0.2) is 23.0 Å². The van der Waals surface area contributed by atoms with Crippen molar-refractivity contribution in [3.63, 3.8) is 0 Å². The molecule has 0 aromatic heterocycles. The molecule has 2 rings (SSSR count). The molecule has 0 heterocycles. The lowest BCUT2D eigenvalue weighted by molar-refractivity contribution is -0.142. The average Bonchev–Trinajstić information content (AvgIpc) is 2.65. The minimum absolute atomic E-state index is 0.0405. The van der Waals surface area contributed by atoms with E-state index in [-0.39, 0.29) is 29.9 Å². The van der Waals surface area contributed by atoms with Gasteiger partial charge in [0.25, 0.3) is 0 Å². The van der Waals surface area contributed by atoms with Gasteiger partial charge in [0.2, 0.25) is 5.91 Å². The minimum atomic E-state index is -4.89. The first kappa shape index (κ1) is 24.0. The summed E-state index contributed by atoms with van der Waals surface area (Å²) in [5.41, 5.74) is 6.48. The third-order valence-electron chi connectivity index (χ3n) is 4.13. The van der Waals surface area contributed by atoms with Gasteiger partial charge >= 0.3 is 13.8 Å². The Labute approximate surface area is 175 Å². The number of carbonyl (C=O) groups is 2. The molecule has 0 saturated heterocycles. The van der Waals surface area contributed by atoms with Crippen LogP contribution >= 0.6 is 7.82 Å². The second kappa shape index (κ2) is 9.67. The summed E-state index contributed by atoms with van der Waals surface area (Å²) < 4.78 is 15.1. The normalized spacial score (nSPS) is 13.3. The van der Waals surface area contributed by atoms with Gasteiger partial charge in [0.05, 0.1) is 6.04 Å². The number of amides is 1. The topological polar surface area (TPSA) is 220 Å². The molecule has 0 fully saturated rings. The van der Waals surface area contributed by atoms with Crippen molar-refractivity contribution >= 4 is 19.7 Å². The lowest BCUT2D eigenvalue weighted by Crippen LogP contribution is -2.50. The Hall–Kier alpha value is -3.31. The number of carbonyl (C=O) groups excluding carboxylic acids is 1. The molecule has 1 amide bonds.